The van der Waals surface area contributed by atoms with Crippen LogP contribution in [0, 0.1) is 5.92 Å². The van der Waals surface area contributed by atoms with Crippen LogP contribution in [0.2, 0.25) is 0 Å². The number of aliphatic hydroxyl groups excluding tert-OH is 1. The number of carbonyl (C=O) groups is 1. The maximum atomic E-state index is 10.6. The topological polar surface area (TPSA) is 73.7 Å². The number of β-amino-alcohol motifs (C(OH)–C–C–N with tert-alkyl or cyclic N) is 1. The third-order valence-electron chi connectivity index (χ3n) is 6.00. The van der Waals surface area contributed by atoms with Gasteiger partial charge in [-0.3, -0.25) is 14.7 Å². The minimum atomic E-state index is -0.250. The van der Waals surface area contributed by atoms with Gasteiger partial charge in [0, 0.05) is 36.6 Å². The molecular formula is C22H30N2O3. The number of aromatic nitrogens is 1. The average Bonchev–Trinajstić information content (AvgIpc) is 2.88. The number of aliphatic hydroxyl groups is 1. The zero-order chi connectivity index (χ0) is 19.1. The van der Waals surface area contributed by atoms with E-state index in [0.29, 0.717) is 12.0 Å². The van der Waals surface area contributed by atoms with Gasteiger partial charge in [-0.1, -0.05) is 43.9 Å². The van der Waals surface area contributed by atoms with E-state index in [4.69, 9.17) is 9.90 Å². The molecule has 5 nitrogen and oxygen atoms in total. The first-order valence-electron chi connectivity index (χ1n) is 10.1. The number of para-hydroxylation sites is 1. The maximum absolute atomic E-state index is 10.6. The van der Waals surface area contributed by atoms with Crippen LogP contribution in [0.15, 0.2) is 36.5 Å². The Labute approximate surface area is 161 Å². The highest BCUT2D eigenvalue weighted by Gasteiger charge is 2.35. The number of hydrogen-bond donors (Lipinski definition) is 2. The van der Waals surface area contributed by atoms with Gasteiger partial charge >= 0.3 is 0 Å². The largest absolute Gasteiger partial charge is 0.483 e. The van der Waals surface area contributed by atoms with Gasteiger partial charge < -0.3 is 10.2 Å². The lowest BCUT2D eigenvalue weighted by atomic mass is 9.94. The zero-order valence-electron chi connectivity index (χ0n) is 15.8. The summed E-state index contributed by atoms with van der Waals surface area (Å²) in [5, 5.41) is 18.8. The van der Waals surface area contributed by atoms with Crippen molar-refractivity contribution >= 4 is 17.4 Å². The second-order valence-electron chi connectivity index (χ2n) is 7.72. The van der Waals surface area contributed by atoms with E-state index in [1.54, 1.807) is 0 Å². The molecule has 2 heterocycles. The van der Waals surface area contributed by atoms with E-state index >= 15 is 0 Å². The van der Waals surface area contributed by atoms with E-state index in [9.17, 15) is 5.11 Å². The Morgan fingerprint density at radius 2 is 1.78 bits per heavy atom. The van der Waals surface area contributed by atoms with E-state index in [-0.39, 0.29) is 12.6 Å². The van der Waals surface area contributed by atoms with E-state index in [1.807, 2.05) is 12.3 Å². The highest BCUT2D eigenvalue weighted by Crippen LogP contribution is 2.30. The predicted octanol–water partition coefficient (Wildman–Crippen LogP) is 3.49. The fourth-order valence-electron chi connectivity index (χ4n) is 4.62. The Kier molecular flexibility index (Phi) is 7.18. The molecule has 2 N–H and O–H groups in total. The fraction of sp³-hybridized carbons (Fsp3) is 0.545. The lowest BCUT2D eigenvalue weighted by Crippen LogP contribution is -2.33. The first-order valence-corrected chi connectivity index (χ1v) is 10.1. The molecule has 1 aliphatic heterocycles. The molecule has 1 aliphatic carbocycles. The minimum Gasteiger partial charge on any atom is -0.483 e. The van der Waals surface area contributed by atoms with Gasteiger partial charge in [0.2, 0.25) is 0 Å². The van der Waals surface area contributed by atoms with E-state index in [1.165, 1.54) is 49.5 Å². The number of pyridine rings is 1. The summed E-state index contributed by atoms with van der Waals surface area (Å²) in [5.41, 5.74) is 2.38. The molecule has 2 aromatic rings. The SMILES string of the molecule is O=CO.O[C@H]1CN(C2CCCCCC2)C[C@H]1Cc1ccnc2ccccc12. The summed E-state index contributed by atoms with van der Waals surface area (Å²) in [6, 6.07) is 11.2. The molecule has 2 atom stereocenters. The molecule has 1 aromatic heterocycles. The molecule has 1 saturated heterocycles. The minimum absolute atomic E-state index is 0.194. The lowest BCUT2D eigenvalue weighted by molar-refractivity contribution is -0.122. The van der Waals surface area contributed by atoms with Crippen molar-refractivity contribution in [1.82, 2.24) is 9.88 Å². The van der Waals surface area contributed by atoms with Crippen LogP contribution < -0.4 is 0 Å². The average molecular weight is 370 g/mol. The van der Waals surface area contributed by atoms with Crippen molar-refractivity contribution in [2.45, 2.75) is 57.1 Å². The van der Waals surface area contributed by atoms with Crippen LogP contribution in [-0.2, 0) is 11.2 Å². The Balaban J connectivity index is 0.000000659. The molecule has 4 rings (SSSR count). The molecule has 0 unspecified atom stereocenters. The number of nitrogens with zero attached hydrogens (tertiary/aromatic N) is 2. The number of fused-ring (bicyclic) bond motifs is 1. The summed E-state index contributed by atoms with van der Waals surface area (Å²) in [5.74, 6) is 0.346. The summed E-state index contributed by atoms with van der Waals surface area (Å²) in [7, 11) is 0. The second kappa shape index (κ2) is 9.81. The molecule has 0 spiro atoms. The lowest BCUT2D eigenvalue weighted by Gasteiger charge is -2.26. The van der Waals surface area contributed by atoms with Crippen molar-refractivity contribution in [2.24, 2.45) is 5.92 Å². The first kappa shape index (κ1) is 19.8. The van der Waals surface area contributed by atoms with Crippen molar-refractivity contribution in [1.29, 1.82) is 0 Å². The van der Waals surface area contributed by atoms with E-state index in [2.05, 4.69) is 34.1 Å². The van der Waals surface area contributed by atoms with Crippen LogP contribution in [0.3, 0.4) is 0 Å². The molecule has 1 aromatic carbocycles. The highest BCUT2D eigenvalue weighted by atomic mass is 16.3. The van der Waals surface area contributed by atoms with Gasteiger partial charge in [0.05, 0.1) is 11.6 Å². The molecular weight excluding hydrogens is 340 g/mol. The molecule has 27 heavy (non-hydrogen) atoms. The molecule has 0 amide bonds. The second-order valence-corrected chi connectivity index (χ2v) is 7.72. The quantitative estimate of drug-likeness (QED) is 0.639. The van der Waals surface area contributed by atoms with Crippen molar-refractivity contribution < 1.29 is 15.0 Å². The van der Waals surface area contributed by atoms with Gasteiger partial charge in [-0.05, 0) is 37.0 Å². The van der Waals surface area contributed by atoms with Crippen molar-refractivity contribution in [2.75, 3.05) is 13.1 Å². The fourth-order valence-corrected chi connectivity index (χ4v) is 4.62. The van der Waals surface area contributed by atoms with Gasteiger partial charge in [0.1, 0.15) is 0 Å². The molecule has 1 saturated carbocycles. The van der Waals surface area contributed by atoms with Gasteiger partial charge in [0.15, 0.2) is 0 Å². The van der Waals surface area contributed by atoms with Crippen molar-refractivity contribution in [3.8, 4) is 0 Å². The van der Waals surface area contributed by atoms with Gasteiger partial charge in [-0.25, -0.2) is 0 Å². The highest BCUT2D eigenvalue weighted by molar-refractivity contribution is 5.81. The molecule has 5 heteroatoms. The number of carboxylic acid groups (broad SMARTS) is 1. The van der Waals surface area contributed by atoms with Crippen LogP contribution in [-0.4, -0.2) is 51.8 Å². The van der Waals surface area contributed by atoms with Gasteiger partial charge in [-0.15, -0.1) is 0 Å². The summed E-state index contributed by atoms with van der Waals surface area (Å²) < 4.78 is 0. The van der Waals surface area contributed by atoms with Crippen LogP contribution >= 0.6 is 0 Å². The summed E-state index contributed by atoms with van der Waals surface area (Å²) >= 11 is 0. The number of likely N-dealkylation sites (tertiary alicyclic amines) is 1. The standard InChI is InChI=1S/C21H28N2O.CH2O2/c24-21-15-23(18-7-3-1-2-4-8-18)14-17(21)13-16-11-12-22-20-10-6-5-9-19(16)20;2-1-3/h5-6,9-12,17-18,21,24H,1-4,7-8,13-15H2;1H,(H,2,3)/t17-,21+;/m1./s1. The normalized spacial score (nSPS) is 24.2. The van der Waals surface area contributed by atoms with Crippen LogP contribution in [0.1, 0.15) is 44.1 Å². The van der Waals surface area contributed by atoms with Gasteiger partial charge in [0.25, 0.3) is 6.47 Å². The summed E-state index contributed by atoms with van der Waals surface area (Å²) in [6.07, 6.45) is 10.8. The first-order chi connectivity index (χ1) is 13.2. The Hall–Kier alpha value is -1.98. The third-order valence-corrected chi connectivity index (χ3v) is 6.00. The van der Waals surface area contributed by atoms with Crippen LogP contribution in [0.25, 0.3) is 10.9 Å². The smallest absolute Gasteiger partial charge is 0.290 e. The number of rotatable bonds is 3. The van der Waals surface area contributed by atoms with Gasteiger partial charge in [-0.2, -0.15) is 0 Å². The molecule has 0 bridgehead atoms. The Morgan fingerprint density at radius 3 is 2.52 bits per heavy atom. The maximum Gasteiger partial charge on any atom is 0.290 e. The van der Waals surface area contributed by atoms with E-state index in [0.717, 1.165) is 25.0 Å². The molecule has 0 radical (unpaired) electrons. The molecule has 2 fully saturated rings. The summed E-state index contributed by atoms with van der Waals surface area (Å²) in [4.78, 5) is 15.4. The van der Waals surface area contributed by atoms with Crippen molar-refractivity contribution in [3.05, 3.63) is 42.1 Å². The monoisotopic (exact) mass is 370 g/mol. The number of hydrogen-bond acceptors (Lipinski definition) is 4. The molecule has 2 aliphatic rings. The van der Waals surface area contributed by atoms with Crippen LogP contribution in [0.5, 0.6) is 0 Å². The molecule has 146 valence electrons. The summed E-state index contributed by atoms with van der Waals surface area (Å²) in [6.45, 7) is 1.65. The zero-order valence-corrected chi connectivity index (χ0v) is 15.8. The predicted molar refractivity (Wildman–Crippen MR) is 107 cm³/mol. The number of benzene rings is 1. The van der Waals surface area contributed by atoms with Crippen LogP contribution in [0.4, 0.5) is 0 Å². The van der Waals surface area contributed by atoms with E-state index < -0.39 is 0 Å². The Bertz CT molecular complexity index is 723. The third kappa shape index (κ3) is 5.05. The Morgan fingerprint density at radius 1 is 1.07 bits per heavy atom. The van der Waals surface area contributed by atoms with Crippen molar-refractivity contribution in [3.63, 3.8) is 0 Å².